The fourth-order valence-corrected chi connectivity index (χ4v) is 1.77. The Bertz CT molecular complexity index is 248. The number of unbranched alkanes of at least 4 members (excludes halogenated alkanes) is 1. The highest BCUT2D eigenvalue weighted by atomic mass is 14.1. The molecule has 0 N–H and O–H groups in total. The van der Waals surface area contributed by atoms with E-state index in [0.717, 1.165) is 11.8 Å². The average molecular weight is 204 g/mol. The molecule has 0 bridgehead atoms. The molecule has 0 nitrogen and oxygen atoms in total. The Hall–Kier alpha value is -0.780. The fraction of sp³-hybridized carbons (Fsp3) is 0.600. The third-order valence-corrected chi connectivity index (χ3v) is 3.36. The van der Waals surface area contributed by atoms with Crippen molar-refractivity contribution >= 4 is 0 Å². The molecule has 0 heteroatoms. The summed E-state index contributed by atoms with van der Waals surface area (Å²) in [6, 6.07) is 10.8. The van der Waals surface area contributed by atoms with Gasteiger partial charge in [0.05, 0.1) is 0 Å². The highest BCUT2D eigenvalue weighted by Crippen LogP contribution is 2.17. The van der Waals surface area contributed by atoms with Gasteiger partial charge < -0.3 is 0 Å². The van der Waals surface area contributed by atoms with Crippen LogP contribution in [0.5, 0.6) is 0 Å². The summed E-state index contributed by atoms with van der Waals surface area (Å²) in [7, 11) is 0. The summed E-state index contributed by atoms with van der Waals surface area (Å²) in [4.78, 5) is 0. The van der Waals surface area contributed by atoms with E-state index in [9.17, 15) is 0 Å². The SMILES string of the molecule is CC(C)C(C)CCCCc1ccccc1. The minimum Gasteiger partial charge on any atom is -0.0625 e. The second-order valence-corrected chi connectivity index (χ2v) is 4.95. The Morgan fingerprint density at radius 1 is 0.933 bits per heavy atom. The van der Waals surface area contributed by atoms with E-state index >= 15 is 0 Å². The molecule has 1 atom stereocenters. The van der Waals surface area contributed by atoms with Gasteiger partial charge in [-0.3, -0.25) is 0 Å². The molecule has 0 aromatic heterocycles. The first-order valence-electron chi connectivity index (χ1n) is 6.24. The smallest absolute Gasteiger partial charge is 0.0279 e. The zero-order chi connectivity index (χ0) is 11.1. The third-order valence-electron chi connectivity index (χ3n) is 3.36. The van der Waals surface area contributed by atoms with Gasteiger partial charge in [0.2, 0.25) is 0 Å². The molecule has 1 unspecified atom stereocenters. The summed E-state index contributed by atoms with van der Waals surface area (Å²) in [5, 5.41) is 0. The van der Waals surface area contributed by atoms with Crippen LogP contribution in [0.2, 0.25) is 0 Å². The van der Waals surface area contributed by atoms with Crippen molar-refractivity contribution in [3.8, 4) is 0 Å². The van der Waals surface area contributed by atoms with Gasteiger partial charge in [0.25, 0.3) is 0 Å². The molecule has 0 aliphatic heterocycles. The van der Waals surface area contributed by atoms with E-state index in [0.29, 0.717) is 0 Å². The summed E-state index contributed by atoms with van der Waals surface area (Å²) in [6.07, 6.45) is 5.32. The molecular formula is C15H24. The van der Waals surface area contributed by atoms with Crippen molar-refractivity contribution in [2.45, 2.75) is 46.5 Å². The number of rotatable bonds is 6. The second-order valence-electron chi connectivity index (χ2n) is 4.95. The molecule has 1 aromatic carbocycles. The topological polar surface area (TPSA) is 0 Å². The Morgan fingerprint density at radius 3 is 2.20 bits per heavy atom. The quantitative estimate of drug-likeness (QED) is 0.590. The van der Waals surface area contributed by atoms with Crippen LogP contribution in [0.1, 0.15) is 45.6 Å². The van der Waals surface area contributed by atoms with Gasteiger partial charge in [0.1, 0.15) is 0 Å². The van der Waals surface area contributed by atoms with Crippen LogP contribution >= 0.6 is 0 Å². The van der Waals surface area contributed by atoms with E-state index in [1.165, 1.54) is 31.2 Å². The summed E-state index contributed by atoms with van der Waals surface area (Å²) in [6.45, 7) is 7.01. The minimum atomic E-state index is 0.835. The van der Waals surface area contributed by atoms with Crippen LogP contribution < -0.4 is 0 Å². The molecule has 0 amide bonds. The molecule has 1 rings (SSSR count). The van der Waals surface area contributed by atoms with Crippen molar-refractivity contribution in [3.63, 3.8) is 0 Å². The largest absolute Gasteiger partial charge is 0.0625 e. The zero-order valence-corrected chi connectivity index (χ0v) is 10.4. The van der Waals surface area contributed by atoms with Crippen LogP contribution in [0.15, 0.2) is 30.3 Å². The zero-order valence-electron chi connectivity index (χ0n) is 10.4. The van der Waals surface area contributed by atoms with E-state index in [-0.39, 0.29) is 0 Å². The van der Waals surface area contributed by atoms with Gasteiger partial charge in [0, 0.05) is 0 Å². The Balaban J connectivity index is 2.12. The van der Waals surface area contributed by atoms with Crippen molar-refractivity contribution in [3.05, 3.63) is 35.9 Å². The van der Waals surface area contributed by atoms with Crippen LogP contribution in [0, 0.1) is 11.8 Å². The predicted octanol–water partition coefficient (Wildman–Crippen LogP) is 4.69. The third kappa shape index (κ3) is 5.01. The van der Waals surface area contributed by atoms with Crippen molar-refractivity contribution < 1.29 is 0 Å². The normalized spacial score (nSPS) is 13.1. The number of hydrogen-bond acceptors (Lipinski definition) is 0. The van der Waals surface area contributed by atoms with Gasteiger partial charge in [-0.2, -0.15) is 0 Å². The maximum atomic E-state index is 2.37. The highest BCUT2D eigenvalue weighted by Gasteiger charge is 2.05. The van der Waals surface area contributed by atoms with Gasteiger partial charge in [-0.15, -0.1) is 0 Å². The fourth-order valence-electron chi connectivity index (χ4n) is 1.77. The van der Waals surface area contributed by atoms with E-state index in [4.69, 9.17) is 0 Å². The number of benzene rings is 1. The maximum Gasteiger partial charge on any atom is -0.0279 e. The molecule has 84 valence electrons. The molecule has 0 saturated heterocycles. The van der Waals surface area contributed by atoms with Crippen LogP contribution in [0.3, 0.4) is 0 Å². The van der Waals surface area contributed by atoms with Crippen LogP contribution in [-0.2, 0) is 6.42 Å². The molecule has 0 radical (unpaired) electrons. The molecule has 0 fully saturated rings. The van der Waals surface area contributed by atoms with Gasteiger partial charge in [-0.1, -0.05) is 63.9 Å². The van der Waals surface area contributed by atoms with E-state index < -0.39 is 0 Å². The van der Waals surface area contributed by atoms with Gasteiger partial charge in [0.15, 0.2) is 0 Å². The Kier molecular flexibility index (Phi) is 5.45. The van der Waals surface area contributed by atoms with Crippen molar-refractivity contribution in [2.24, 2.45) is 11.8 Å². The lowest BCUT2D eigenvalue weighted by Crippen LogP contribution is -2.03. The standard InChI is InChI=1S/C15H24/c1-13(2)14(3)9-7-8-12-15-10-5-4-6-11-15/h4-6,10-11,13-14H,7-9,12H2,1-3H3. The van der Waals surface area contributed by atoms with Gasteiger partial charge in [-0.25, -0.2) is 0 Å². The molecule has 0 aliphatic rings. The van der Waals surface area contributed by atoms with E-state index in [1.54, 1.807) is 0 Å². The number of aryl methyl sites for hydroxylation is 1. The molecule has 0 aliphatic carbocycles. The van der Waals surface area contributed by atoms with Crippen molar-refractivity contribution in [2.75, 3.05) is 0 Å². The molecule has 15 heavy (non-hydrogen) atoms. The monoisotopic (exact) mass is 204 g/mol. The van der Waals surface area contributed by atoms with Crippen molar-refractivity contribution in [1.82, 2.24) is 0 Å². The molecule has 0 spiro atoms. The van der Waals surface area contributed by atoms with Crippen LogP contribution in [0.25, 0.3) is 0 Å². The van der Waals surface area contributed by atoms with E-state index in [2.05, 4.69) is 51.1 Å². The molecule has 1 aromatic rings. The second kappa shape index (κ2) is 6.66. The lowest BCUT2D eigenvalue weighted by Gasteiger charge is -2.14. The van der Waals surface area contributed by atoms with Crippen LogP contribution in [-0.4, -0.2) is 0 Å². The predicted molar refractivity (Wildman–Crippen MR) is 68.0 cm³/mol. The van der Waals surface area contributed by atoms with E-state index in [1.807, 2.05) is 0 Å². The summed E-state index contributed by atoms with van der Waals surface area (Å²) in [5.74, 6) is 1.71. The molecule has 0 saturated carbocycles. The lowest BCUT2D eigenvalue weighted by atomic mass is 9.92. The summed E-state index contributed by atoms with van der Waals surface area (Å²) < 4.78 is 0. The minimum absolute atomic E-state index is 0.835. The van der Waals surface area contributed by atoms with Gasteiger partial charge >= 0.3 is 0 Å². The van der Waals surface area contributed by atoms with Gasteiger partial charge in [-0.05, 0) is 30.2 Å². The van der Waals surface area contributed by atoms with Crippen molar-refractivity contribution in [1.29, 1.82) is 0 Å². The maximum absolute atomic E-state index is 2.37. The average Bonchev–Trinajstić information content (AvgIpc) is 2.25. The summed E-state index contributed by atoms with van der Waals surface area (Å²) in [5.41, 5.74) is 1.48. The first kappa shape index (κ1) is 12.3. The molecule has 0 heterocycles. The Labute approximate surface area is 94.7 Å². The first-order valence-corrected chi connectivity index (χ1v) is 6.24. The van der Waals surface area contributed by atoms with Crippen LogP contribution in [0.4, 0.5) is 0 Å². The first-order chi connectivity index (χ1) is 7.20. The number of hydrogen-bond donors (Lipinski definition) is 0. The Morgan fingerprint density at radius 2 is 1.60 bits per heavy atom. The lowest BCUT2D eigenvalue weighted by molar-refractivity contribution is 0.378. The summed E-state index contributed by atoms with van der Waals surface area (Å²) >= 11 is 0. The molecular weight excluding hydrogens is 180 g/mol. The highest BCUT2D eigenvalue weighted by molar-refractivity contribution is 5.14.